The van der Waals surface area contributed by atoms with E-state index in [4.69, 9.17) is 21.5 Å². The maximum absolute atomic E-state index is 10.7. The Kier molecular flexibility index (Phi) is 9.86. The van der Waals surface area contributed by atoms with Crippen molar-refractivity contribution in [3.05, 3.63) is 266 Å². The molecule has 5 heterocycles. The molecule has 0 atom stereocenters. The first-order valence-electron chi connectivity index (χ1n) is 26.5. The van der Waals surface area contributed by atoms with Gasteiger partial charge in [-0.25, -0.2) is 19.8 Å². The summed E-state index contributed by atoms with van der Waals surface area (Å²) in [6.45, 7) is 8.42. The Bertz CT molecular complexity index is 5010. The van der Waals surface area contributed by atoms with Crippen LogP contribution < -0.4 is 0 Å². The lowest BCUT2D eigenvalue weighted by Gasteiger charge is -2.17. The second-order valence-corrected chi connectivity index (χ2v) is 20.1. The molecule has 9 heteroatoms. The van der Waals surface area contributed by atoms with Crippen LogP contribution in [-0.4, -0.2) is 33.2 Å². The van der Waals surface area contributed by atoms with Crippen molar-refractivity contribution in [2.75, 3.05) is 0 Å². The highest BCUT2D eigenvalue weighted by molar-refractivity contribution is 6.28. The molecule has 0 aliphatic carbocycles. The van der Waals surface area contributed by atoms with Gasteiger partial charge < -0.3 is 18.3 Å². The van der Waals surface area contributed by atoms with E-state index in [0.717, 1.165) is 116 Å². The molecule has 0 saturated heterocycles. The lowest BCUT2D eigenvalue weighted by molar-refractivity contribution is 1.06. The molecule has 0 N–H and O–H groups in total. The van der Waals surface area contributed by atoms with Gasteiger partial charge in [0.2, 0.25) is 0 Å². The number of hydrogen-bond donors (Lipinski definition) is 0. The molecule has 0 aliphatic rings. The SMILES string of the molecule is [C-]#[N+]c1ccc(-c2nc(-c3ccccc3)nc(-c3ccc(C#N)cc3-n3c4ccccc4c4ccc5c(c6ccccc6n5-c5ccccc5)c43)n2)c(-n2c3ccccc3c3ccc4c(c5ccccc5n4-c4ccccc4)c32)c1. The summed E-state index contributed by atoms with van der Waals surface area (Å²) in [5, 5.41) is 19.5. The molecule has 0 spiro atoms. The summed E-state index contributed by atoms with van der Waals surface area (Å²) < 4.78 is 9.30. The Morgan fingerprint density at radius 3 is 1.25 bits per heavy atom. The van der Waals surface area contributed by atoms with Crippen LogP contribution in [0.2, 0.25) is 0 Å². The second-order valence-electron chi connectivity index (χ2n) is 20.1. The third-order valence-corrected chi connectivity index (χ3v) is 15.8. The van der Waals surface area contributed by atoms with Gasteiger partial charge in [0, 0.05) is 76.8 Å². The molecule has 16 rings (SSSR count). The quantitative estimate of drug-likeness (QED) is 0.149. The van der Waals surface area contributed by atoms with Crippen LogP contribution in [-0.2, 0) is 0 Å². The van der Waals surface area contributed by atoms with Gasteiger partial charge in [0.1, 0.15) is 0 Å². The van der Waals surface area contributed by atoms with Crippen molar-refractivity contribution in [3.8, 4) is 63.0 Å². The van der Waals surface area contributed by atoms with Crippen molar-refractivity contribution >= 4 is 92.9 Å². The third-order valence-electron chi connectivity index (χ3n) is 15.8. The number of rotatable bonds is 7. The van der Waals surface area contributed by atoms with E-state index >= 15 is 0 Å². The van der Waals surface area contributed by atoms with Crippen LogP contribution >= 0.6 is 0 Å². The molecule has 11 aromatic carbocycles. The zero-order valence-corrected chi connectivity index (χ0v) is 42.7. The monoisotopic (exact) mass is 1020 g/mol. The van der Waals surface area contributed by atoms with Crippen LogP contribution in [0.25, 0.3) is 149 Å². The van der Waals surface area contributed by atoms with Crippen LogP contribution in [0.15, 0.2) is 249 Å². The van der Waals surface area contributed by atoms with Crippen LogP contribution in [0.3, 0.4) is 0 Å². The molecule has 0 amide bonds. The Balaban J connectivity index is 1.00. The molecular weight excluding hydrogens is 979 g/mol. The van der Waals surface area contributed by atoms with E-state index < -0.39 is 0 Å². The van der Waals surface area contributed by atoms with Gasteiger partial charge in [-0.1, -0.05) is 164 Å². The zero-order chi connectivity index (χ0) is 53.0. The van der Waals surface area contributed by atoms with Crippen molar-refractivity contribution < 1.29 is 0 Å². The Hall–Kier alpha value is -11.4. The third kappa shape index (κ3) is 6.59. The molecule has 0 bridgehead atoms. The van der Waals surface area contributed by atoms with Gasteiger partial charge in [0.15, 0.2) is 23.2 Å². The minimum Gasteiger partial charge on any atom is -0.309 e. The van der Waals surface area contributed by atoms with Gasteiger partial charge in [-0.3, -0.25) is 0 Å². The van der Waals surface area contributed by atoms with Gasteiger partial charge >= 0.3 is 0 Å². The van der Waals surface area contributed by atoms with Crippen molar-refractivity contribution in [1.82, 2.24) is 33.2 Å². The fourth-order valence-electron chi connectivity index (χ4n) is 12.5. The smallest absolute Gasteiger partial charge is 0.189 e. The Morgan fingerprint density at radius 1 is 0.350 bits per heavy atom. The maximum atomic E-state index is 10.7. The largest absolute Gasteiger partial charge is 0.309 e. The van der Waals surface area contributed by atoms with Gasteiger partial charge in [-0.05, 0) is 84.9 Å². The van der Waals surface area contributed by atoms with Gasteiger partial charge in [0.25, 0.3) is 0 Å². The summed E-state index contributed by atoms with van der Waals surface area (Å²) in [5.74, 6) is 1.33. The summed E-state index contributed by atoms with van der Waals surface area (Å²) in [7, 11) is 0. The highest BCUT2D eigenvalue weighted by atomic mass is 15.1. The summed E-state index contributed by atoms with van der Waals surface area (Å²) in [6.07, 6.45) is 0. The van der Waals surface area contributed by atoms with E-state index in [9.17, 15) is 5.26 Å². The average molecular weight is 1020 g/mol. The number of nitriles is 1. The van der Waals surface area contributed by atoms with Crippen LogP contribution in [0, 0.1) is 17.9 Å². The summed E-state index contributed by atoms with van der Waals surface area (Å²) in [6, 6.07) is 88.2. The lowest BCUT2D eigenvalue weighted by Crippen LogP contribution is -2.06. The topological polar surface area (TPSA) is 86.5 Å². The number of hydrogen-bond acceptors (Lipinski definition) is 4. The number of benzene rings is 11. The minimum absolute atomic E-state index is 0.425. The molecule has 80 heavy (non-hydrogen) atoms. The number of aromatic nitrogens is 7. The molecule has 9 nitrogen and oxygen atoms in total. The van der Waals surface area contributed by atoms with Crippen molar-refractivity contribution in [1.29, 1.82) is 5.26 Å². The number of fused-ring (bicyclic) bond motifs is 14. The molecular formula is C71H41N9. The Labute approximate surface area is 457 Å². The standard InChI is InChI=1S/C71H41N9/c1-73-46-34-36-56(64(42-46)80-58-30-16-12-26-50(58)52-38-40-62-66(68(52)80)54-28-14-18-32-60(54)78(62)48-23-9-4-10-24-48)71-75-69(45-19-5-2-6-20-45)74-70(76-71)55-35-33-44(43-72)41-63(55)79-57-29-15-11-25-49(57)51-37-39-61-65(67(51)79)53-27-13-17-31-59(53)77(61)47-21-7-3-8-22-47/h2-42H. The van der Waals surface area contributed by atoms with Crippen molar-refractivity contribution in [2.24, 2.45) is 0 Å². The van der Waals surface area contributed by atoms with E-state index in [2.05, 4.69) is 199 Å². The zero-order valence-electron chi connectivity index (χ0n) is 42.7. The molecule has 0 aliphatic heterocycles. The van der Waals surface area contributed by atoms with Gasteiger partial charge in [0.05, 0.1) is 68.0 Å². The highest BCUT2D eigenvalue weighted by Crippen LogP contribution is 2.46. The average Bonchev–Trinajstić information content (AvgIpc) is 4.41. The highest BCUT2D eigenvalue weighted by Gasteiger charge is 2.27. The van der Waals surface area contributed by atoms with Crippen molar-refractivity contribution in [3.63, 3.8) is 0 Å². The normalized spacial score (nSPS) is 11.7. The van der Waals surface area contributed by atoms with Crippen LogP contribution in [0.4, 0.5) is 5.69 Å². The van der Waals surface area contributed by atoms with Gasteiger partial charge in [-0.15, -0.1) is 0 Å². The molecule has 0 radical (unpaired) electrons. The fraction of sp³-hybridized carbons (Fsp3) is 0. The van der Waals surface area contributed by atoms with Crippen LogP contribution in [0.5, 0.6) is 0 Å². The van der Waals surface area contributed by atoms with Crippen molar-refractivity contribution in [2.45, 2.75) is 0 Å². The predicted molar refractivity (Wildman–Crippen MR) is 324 cm³/mol. The maximum Gasteiger partial charge on any atom is 0.189 e. The first-order valence-corrected chi connectivity index (χ1v) is 26.5. The van der Waals surface area contributed by atoms with E-state index in [0.29, 0.717) is 39.9 Å². The van der Waals surface area contributed by atoms with Crippen LogP contribution in [0.1, 0.15) is 5.56 Å². The second kappa shape index (κ2) is 17.6. The van der Waals surface area contributed by atoms with E-state index in [-0.39, 0.29) is 0 Å². The molecule has 0 unspecified atom stereocenters. The predicted octanol–water partition coefficient (Wildman–Crippen LogP) is 17.7. The molecule has 370 valence electrons. The number of nitrogens with zero attached hydrogens (tertiary/aromatic N) is 9. The minimum atomic E-state index is 0.425. The molecule has 5 aromatic heterocycles. The first-order chi connectivity index (χ1) is 39.6. The molecule has 16 aromatic rings. The lowest BCUT2D eigenvalue weighted by atomic mass is 10.1. The molecule has 0 fully saturated rings. The van der Waals surface area contributed by atoms with Gasteiger partial charge in [-0.2, -0.15) is 5.26 Å². The summed E-state index contributed by atoms with van der Waals surface area (Å²) in [4.78, 5) is 20.4. The van der Waals surface area contributed by atoms with E-state index in [1.54, 1.807) is 0 Å². The van der Waals surface area contributed by atoms with E-state index in [1.807, 2.05) is 78.9 Å². The summed E-state index contributed by atoms with van der Waals surface area (Å²) >= 11 is 0. The molecule has 0 saturated carbocycles. The fourth-order valence-corrected chi connectivity index (χ4v) is 12.5. The van der Waals surface area contributed by atoms with E-state index in [1.165, 1.54) is 0 Å². The Morgan fingerprint density at radius 2 is 0.762 bits per heavy atom. The number of para-hydroxylation sites is 6. The first kappa shape index (κ1) is 44.9. The summed E-state index contributed by atoms with van der Waals surface area (Å²) in [5.41, 5.74) is 15.1.